The maximum absolute atomic E-state index is 15.5. The Morgan fingerprint density at radius 3 is 2.38 bits per heavy atom. The lowest BCUT2D eigenvalue weighted by atomic mass is 9.82. The number of nitrogens with two attached hydrogens (primary N) is 1. The number of carboxylic acid groups (broad SMARTS) is 1. The Kier molecular flexibility index (Phi) is 16.0. The van der Waals surface area contributed by atoms with Gasteiger partial charge >= 0.3 is 32.4 Å². The molecule has 0 aromatic carbocycles. The van der Waals surface area contributed by atoms with E-state index in [9.17, 15) is 38.9 Å². The second-order valence-electron chi connectivity index (χ2n) is 13.2. The van der Waals surface area contributed by atoms with Gasteiger partial charge < -0.3 is 54.3 Å². The van der Waals surface area contributed by atoms with Gasteiger partial charge in [0, 0.05) is 25.7 Å². The van der Waals surface area contributed by atoms with Crippen molar-refractivity contribution in [1.29, 1.82) is 0 Å². The van der Waals surface area contributed by atoms with Crippen LogP contribution in [0, 0.1) is 11.8 Å². The number of imidazole rings is 1. The molecule has 0 saturated carbocycles. The van der Waals surface area contributed by atoms with Crippen LogP contribution in [0.25, 0.3) is 11.2 Å². The number of carbonyl (C=O) groups is 3. The molecule has 0 spiro atoms. The predicted molar refractivity (Wildman–Crippen MR) is 188 cm³/mol. The number of esters is 2. The van der Waals surface area contributed by atoms with Crippen LogP contribution in [0.2, 0.25) is 0 Å². The zero-order valence-corrected chi connectivity index (χ0v) is 32.7. The molecule has 2 fully saturated rings. The molecule has 0 amide bonds. The molecule has 12 atom stereocenters. The van der Waals surface area contributed by atoms with Crippen molar-refractivity contribution in [3.05, 3.63) is 12.7 Å². The van der Waals surface area contributed by atoms with E-state index >= 15 is 4.39 Å². The van der Waals surface area contributed by atoms with Crippen LogP contribution in [0.15, 0.2) is 12.7 Å². The SMILES string of the molecule is CC(=O)OC1[C@H](OP(=O)(O)OP(O)(=S)OC[C@H]2O[C@@H](n3cnc4c(N)ncnc43)C(O)[C@H]2O)OC([C@@H](F)COC(=O)CCCCCCCC(=O)O)[C@@H](C)[C@@H]1C. The number of rotatable bonds is 20. The Hall–Kier alpha value is -2.79. The number of aromatic nitrogens is 4. The monoisotopic (exact) mass is 845 g/mol. The van der Waals surface area contributed by atoms with Gasteiger partial charge in [-0.3, -0.25) is 23.5 Å². The number of hydrogen-bond donors (Lipinski definition) is 6. The Labute approximate surface area is 319 Å². The minimum atomic E-state index is -5.47. The number of nitrogens with zero attached hydrogens (tertiary/aromatic N) is 4. The van der Waals surface area contributed by atoms with E-state index in [1.807, 2.05) is 0 Å². The highest BCUT2D eigenvalue weighted by Crippen LogP contribution is 2.62. The van der Waals surface area contributed by atoms with Crippen LogP contribution in [0.5, 0.6) is 0 Å². The van der Waals surface area contributed by atoms with Crippen molar-refractivity contribution in [2.75, 3.05) is 18.9 Å². The largest absolute Gasteiger partial charge is 0.481 e. The number of fused-ring (bicyclic) bond motifs is 1. The zero-order valence-electron chi connectivity index (χ0n) is 30.1. The van der Waals surface area contributed by atoms with Crippen LogP contribution < -0.4 is 5.73 Å². The highest BCUT2D eigenvalue weighted by molar-refractivity contribution is 8.08. The summed E-state index contributed by atoms with van der Waals surface area (Å²) in [6.45, 7) is -2.02. The van der Waals surface area contributed by atoms with Gasteiger partial charge in [0.2, 0.25) is 6.29 Å². The number of unbranched alkanes of at least 4 members (excludes halogenated alkanes) is 4. The number of halogens is 1. The Morgan fingerprint density at radius 1 is 1.04 bits per heavy atom. The summed E-state index contributed by atoms with van der Waals surface area (Å²) in [5.41, 5.74) is 6.18. The number of nitrogen functional groups attached to an aromatic ring is 1. The zero-order chi connectivity index (χ0) is 40.7. The highest BCUT2D eigenvalue weighted by Gasteiger charge is 2.51. The molecule has 2 aromatic rings. The number of hydrogen-bond acceptors (Lipinski definition) is 18. The smallest absolute Gasteiger partial charge is 0.481 e. The van der Waals surface area contributed by atoms with Crippen molar-refractivity contribution in [3.63, 3.8) is 0 Å². The van der Waals surface area contributed by atoms with Crippen LogP contribution in [0.1, 0.15) is 71.9 Å². The summed E-state index contributed by atoms with van der Waals surface area (Å²) >= 11 is 4.89. The van der Waals surface area contributed by atoms with Crippen LogP contribution >= 0.6 is 14.5 Å². The fourth-order valence-corrected chi connectivity index (χ4v) is 9.19. The van der Waals surface area contributed by atoms with E-state index in [4.69, 9.17) is 55.0 Å². The van der Waals surface area contributed by atoms with E-state index in [2.05, 4.69) is 15.0 Å². The average molecular weight is 846 g/mol. The third-order valence-corrected chi connectivity index (χ3v) is 12.6. The second-order valence-corrected chi connectivity index (χ2v) is 17.6. The molecule has 0 bridgehead atoms. The number of aliphatic carboxylic acids is 1. The maximum Gasteiger partial charge on any atom is 0.481 e. The molecular formula is C30H46FN5O16P2S. The molecule has 25 heteroatoms. The number of alkyl halides is 1. The average Bonchev–Trinajstić information content (AvgIpc) is 3.65. The van der Waals surface area contributed by atoms with E-state index in [0.29, 0.717) is 25.7 Å². The molecule has 2 aliphatic heterocycles. The number of phosphoric acid groups is 1. The lowest BCUT2D eigenvalue weighted by Gasteiger charge is -2.44. The summed E-state index contributed by atoms with van der Waals surface area (Å²) in [5.74, 6) is -3.79. The first-order chi connectivity index (χ1) is 25.8. The van der Waals surface area contributed by atoms with E-state index in [1.54, 1.807) is 13.8 Å². The van der Waals surface area contributed by atoms with Gasteiger partial charge in [-0.1, -0.05) is 33.1 Å². The van der Waals surface area contributed by atoms with E-state index < -0.39 is 107 Å². The lowest BCUT2D eigenvalue weighted by Crippen LogP contribution is -2.55. The molecule has 0 aliphatic carbocycles. The molecular weight excluding hydrogens is 799 g/mol. The van der Waals surface area contributed by atoms with Crippen molar-refractivity contribution in [3.8, 4) is 0 Å². The quantitative estimate of drug-likeness (QED) is 0.0631. The Morgan fingerprint density at radius 2 is 1.71 bits per heavy atom. The highest BCUT2D eigenvalue weighted by atomic mass is 32.5. The van der Waals surface area contributed by atoms with E-state index in [-0.39, 0.29) is 29.8 Å². The van der Waals surface area contributed by atoms with Crippen molar-refractivity contribution < 1.29 is 80.8 Å². The van der Waals surface area contributed by atoms with Crippen LogP contribution in [-0.2, 0) is 63.1 Å². The number of aliphatic hydroxyl groups is 2. The van der Waals surface area contributed by atoms with Crippen molar-refractivity contribution in [2.45, 2.75) is 115 Å². The molecule has 2 aliphatic rings. The summed E-state index contributed by atoms with van der Waals surface area (Å²) in [4.78, 5) is 68.0. The molecule has 21 nitrogen and oxygen atoms in total. The number of carbonyl (C=O) groups excluding carboxylic acids is 2. The predicted octanol–water partition coefficient (Wildman–Crippen LogP) is 2.02. The molecule has 4 rings (SSSR count). The molecule has 4 heterocycles. The summed E-state index contributed by atoms with van der Waals surface area (Å²) in [5, 5.41) is 30.0. The van der Waals surface area contributed by atoms with Gasteiger partial charge in [0.25, 0.3) is 0 Å². The van der Waals surface area contributed by atoms with Gasteiger partial charge in [0.15, 0.2) is 30.0 Å². The first-order valence-electron chi connectivity index (χ1n) is 17.3. The molecule has 2 saturated heterocycles. The fraction of sp³-hybridized carbons (Fsp3) is 0.733. The first kappa shape index (κ1) is 44.9. The molecule has 55 heavy (non-hydrogen) atoms. The van der Waals surface area contributed by atoms with Gasteiger partial charge in [-0.25, -0.2) is 28.2 Å². The number of aliphatic hydroxyl groups excluding tert-OH is 2. The minimum Gasteiger partial charge on any atom is -0.481 e. The standard InChI is InChI=1S/C30H46FN5O16P2S/c1-15-16(2)26(48-17(3)37)30(50-25(15)18(31)11-46-21(40)10-8-6-4-5-7-9-20(38)39)51-53(43,44)52-54(45,55)47-12-19-23(41)24(42)29(49-19)36-14-35-22-27(32)33-13-34-28(22)36/h13-16,18-19,23-26,29-30,41-42H,4-12H2,1-3H3,(H,38,39)(H,43,44)(H,45,55)(H2,32,33,34)/t15-,16-,18-,19+,23-,24?,25?,26?,29+,30-,54?/m0/s1. The van der Waals surface area contributed by atoms with E-state index in [1.165, 1.54) is 10.9 Å². The Balaban J connectivity index is 1.33. The number of anilines is 1. The number of phosphoric ester groups is 1. The van der Waals surface area contributed by atoms with Gasteiger partial charge in [0.05, 0.1) is 19.0 Å². The van der Waals surface area contributed by atoms with Crippen molar-refractivity contribution in [1.82, 2.24) is 19.5 Å². The minimum absolute atomic E-state index is 0.00331. The van der Waals surface area contributed by atoms with Gasteiger partial charge in [-0.05, 0) is 30.6 Å². The molecule has 310 valence electrons. The second kappa shape index (κ2) is 19.6. The molecule has 7 N–H and O–H groups in total. The summed E-state index contributed by atoms with van der Waals surface area (Å²) < 4.78 is 66.8. The van der Waals surface area contributed by atoms with E-state index in [0.717, 1.165) is 19.7 Å². The fourth-order valence-electron chi connectivity index (χ4n) is 6.10. The molecule has 5 unspecified atom stereocenters. The topological polar surface area (TPSA) is 304 Å². The van der Waals surface area contributed by atoms with Crippen LogP contribution in [-0.4, -0.2) is 119 Å². The molecule has 2 aromatic heterocycles. The third kappa shape index (κ3) is 12.3. The summed E-state index contributed by atoms with van der Waals surface area (Å²) in [7, 11) is -5.47. The Bertz CT molecular complexity index is 1740. The number of carboxylic acids is 1. The number of ether oxygens (including phenoxy) is 4. The van der Waals surface area contributed by atoms with Crippen LogP contribution in [0.3, 0.4) is 0 Å². The maximum atomic E-state index is 15.5. The summed E-state index contributed by atoms with van der Waals surface area (Å²) in [6.07, 6.45) is -6.99. The third-order valence-electron chi connectivity index (χ3n) is 9.10. The first-order valence-corrected chi connectivity index (χ1v) is 21.4. The normalized spacial score (nSPS) is 29.6. The van der Waals surface area contributed by atoms with Crippen molar-refractivity contribution in [2.24, 2.45) is 11.8 Å². The van der Waals surface area contributed by atoms with Gasteiger partial charge in [-0.2, -0.15) is 0 Å². The van der Waals surface area contributed by atoms with Crippen molar-refractivity contribution >= 4 is 61.2 Å². The van der Waals surface area contributed by atoms with Crippen LogP contribution in [0.4, 0.5) is 10.2 Å². The van der Waals surface area contributed by atoms with Gasteiger partial charge in [-0.15, -0.1) is 0 Å². The van der Waals surface area contributed by atoms with Gasteiger partial charge in [0.1, 0.15) is 36.8 Å². The lowest BCUT2D eigenvalue weighted by molar-refractivity contribution is -0.262. The molecule has 0 radical (unpaired) electrons. The summed E-state index contributed by atoms with van der Waals surface area (Å²) in [6, 6.07) is 0.